The number of hydrogen-bond donors (Lipinski definition) is 2. The van der Waals surface area contributed by atoms with Gasteiger partial charge in [-0.1, -0.05) is 37.4 Å². The van der Waals surface area contributed by atoms with Crippen molar-refractivity contribution in [3.8, 4) is 5.75 Å². The van der Waals surface area contributed by atoms with E-state index in [1.807, 2.05) is 18.2 Å². The van der Waals surface area contributed by atoms with E-state index in [2.05, 4.69) is 13.2 Å². The minimum Gasteiger partial charge on any atom is -0.458 e. The van der Waals surface area contributed by atoms with Gasteiger partial charge in [-0.2, -0.15) is 0 Å². The number of benzene rings is 1. The number of ether oxygens (including phenoxy) is 1. The average Bonchev–Trinajstić information content (AvgIpc) is 2.27. The van der Waals surface area contributed by atoms with Crippen LogP contribution < -0.4 is 4.74 Å². The first kappa shape index (κ1) is 12.3. The van der Waals surface area contributed by atoms with Crippen LogP contribution in [0.2, 0.25) is 0 Å². The molecule has 0 saturated heterocycles. The summed E-state index contributed by atoms with van der Waals surface area (Å²) in [5.74, 6) is 1.07. The highest BCUT2D eigenvalue weighted by Gasteiger charge is 2.08. The lowest BCUT2D eigenvalue weighted by Gasteiger charge is -2.04. The van der Waals surface area contributed by atoms with E-state index in [4.69, 9.17) is 14.8 Å². The molecule has 1 rings (SSSR count). The molecule has 3 nitrogen and oxygen atoms in total. The molecule has 0 aliphatic carbocycles. The first-order valence-electron chi connectivity index (χ1n) is 4.74. The Morgan fingerprint density at radius 1 is 1.12 bits per heavy atom. The molecule has 1 aromatic rings. The standard InChI is InChI=1S/C12H13BO3/c1-10(13(14)15)8-9-11(2)16-12-6-4-3-5-7-12/h3-9,14-15H,1-2H2/b9-8-. The van der Waals surface area contributed by atoms with Gasteiger partial charge in [0.15, 0.2) is 0 Å². The molecule has 0 unspecified atom stereocenters. The Labute approximate surface area is 95.1 Å². The quantitative estimate of drug-likeness (QED) is 0.447. The molecule has 0 heterocycles. The van der Waals surface area contributed by atoms with E-state index in [1.54, 1.807) is 12.1 Å². The highest BCUT2D eigenvalue weighted by atomic mass is 16.5. The number of rotatable bonds is 5. The zero-order valence-corrected chi connectivity index (χ0v) is 8.84. The fourth-order valence-corrected chi connectivity index (χ4v) is 0.960. The predicted molar refractivity (Wildman–Crippen MR) is 64.7 cm³/mol. The number of allylic oxidation sites excluding steroid dienone is 3. The third kappa shape index (κ3) is 4.17. The molecule has 0 aliphatic rings. The molecule has 0 spiro atoms. The smallest absolute Gasteiger partial charge is 0.458 e. The topological polar surface area (TPSA) is 49.7 Å². The Morgan fingerprint density at radius 3 is 2.31 bits per heavy atom. The SMILES string of the molecule is C=C(/C=C\C(=C)B(O)O)Oc1ccccc1. The van der Waals surface area contributed by atoms with Gasteiger partial charge in [0, 0.05) is 0 Å². The average molecular weight is 216 g/mol. The van der Waals surface area contributed by atoms with Crippen molar-refractivity contribution in [2.45, 2.75) is 0 Å². The van der Waals surface area contributed by atoms with Crippen molar-refractivity contribution >= 4 is 7.12 Å². The highest BCUT2D eigenvalue weighted by Crippen LogP contribution is 2.12. The van der Waals surface area contributed by atoms with Gasteiger partial charge in [0.25, 0.3) is 0 Å². The molecule has 0 saturated carbocycles. The lowest BCUT2D eigenvalue weighted by Crippen LogP contribution is -2.12. The second-order valence-electron chi connectivity index (χ2n) is 3.16. The maximum absolute atomic E-state index is 8.76. The molecule has 2 N–H and O–H groups in total. The normalized spacial score (nSPS) is 10.1. The molecule has 0 radical (unpaired) electrons. The van der Waals surface area contributed by atoms with Crippen LogP contribution in [0.5, 0.6) is 5.75 Å². The number of hydrogen-bond acceptors (Lipinski definition) is 3. The molecular formula is C12H13BO3. The molecule has 0 atom stereocenters. The zero-order chi connectivity index (χ0) is 12.0. The van der Waals surface area contributed by atoms with Crippen molar-refractivity contribution in [1.29, 1.82) is 0 Å². The summed E-state index contributed by atoms with van der Waals surface area (Å²) >= 11 is 0. The summed E-state index contributed by atoms with van der Waals surface area (Å²) in [5.41, 5.74) is 0.179. The second-order valence-corrected chi connectivity index (χ2v) is 3.16. The maximum atomic E-state index is 8.76. The molecule has 0 aliphatic heterocycles. The van der Waals surface area contributed by atoms with E-state index in [0.717, 1.165) is 0 Å². The molecule has 16 heavy (non-hydrogen) atoms. The van der Waals surface area contributed by atoms with E-state index in [0.29, 0.717) is 11.5 Å². The molecule has 0 aromatic heterocycles. The lowest BCUT2D eigenvalue weighted by atomic mass is 9.80. The summed E-state index contributed by atoms with van der Waals surface area (Å²) in [4.78, 5) is 0. The van der Waals surface area contributed by atoms with Crippen LogP contribution in [0.25, 0.3) is 0 Å². The Morgan fingerprint density at radius 2 is 1.75 bits per heavy atom. The van der Waals surface area contributed by atoms with Crippen LogP contribution in [-0.4, -0.2) is 17.2 Å². The van der Waals surface area contributed by atoms with Crippen LogP contribution in [-0.2, 0) is 0 Å². The third-order valence-electron chi connectivity index (χ3n) is 1.81. The van der Waals surface area contributed by atoms with Gasteiger partial charge in [-0.25, -0.2) is 0 Å². The summed E-state index contributed by atoms with van der Waals surface area (Å²) in [7, 11) is -1.55. The molecule has 0 amide bonds. The molecule has 1 aromatic carbocycles. The van der Waals surface area contributed by atoms with Crippen LogP contribution in [0.4, 0.5) is 0 Å². The monoisotopic (exact) mass is 216 g/mol. The first-order chi connectivity index (χ1) is 7.59. The maximum Gasteiger partial charge on any atom is 0.487 e. The van der Waals surface area contributed by atoms with Crippen LogP contribution >= 0.6 is 0 Å². The van der Waals surface area contributed by atoms with Gasteiger partial charge >= 0.3 is 7.12 Å². The van der Waals surface area contributed by atoms with Crippen molar-refractivity contribution < 1.29 is 14.8 Å². The van der Waals surface area contributed by atoms with Gasteiger partial charge in [-0.15, -0.1) is 0 Å². The molecular weight excluding hydrogens is 203 g/mol. The Hall–Kier alpha value is -1.78. The first-order valence-corrected chi connectivity index (χ1v) is 4.74. The number of para-hydroxylation sites is 1. The van der Waals surface area contributed by atoms with E-state index >= 15 is 0 Å². The van der Waals surface area contributed by atoms with Crippen molar-refractivity contribution in [3.63, 3.8) is 0 Å². The van der Waals surface area contributed by atoms with Crippen molar-refractivity contribution in [2.24, 2.45) is 0 Å². The van der Waals surface area contributed by atoms with E-state index in [-0.39, 0.29) is 5.47 Å². The van der Waals surface area contributed by atoms with Crippen LogP contribution in [0, 0.1) is 0 Å². The summed E-state index contributed by atoms with van der Waals surface area (Å²) < 4.78 is 5.36. The summed E-state index contributed by atoms with van der Waals surface area (Å²) in [5, 5.41) is 17.5. The molecule has 0 bridgehead atoms. The minimum atomic E-state index is -1.55. The van der Waals surface area contributed by atoms with E-state index < -0.39 is 7.12 Å². The predicted octanol–water partition coefficient (Wildman–Crippen LogP) is 1.70. The van der Waals surface area contributed by atoms with E-state index in [9.17, 15) is 0 Å². The van der Waals surface area contributed by atoms with Gasteiger partial charge < -0.3 is 14.8 Å². The Bertz CT molecular complexity index is 396. The fraction of sp³-hybridized carbons (Fsp3) is 0. The van der Waals surface area contributed by atoms with Gasteiger partial charge in [-0.05, 0) is 23.7 Å². The van der Waals surface area contributed by atoms with Crippen LogP contribution in [0.1, 0.15) is 0 Å². The summed E-state index contributed by atoms with van der Waals surface area (Å²) in [6.07, 6.45) is 2.96. The largest absolute Gasteiger partial charge is 0.487 e. The highest BCUT2D eigenvalue weighted by molar-refractivity contribution is 6.51. The van der Waals surface area contributed by atoms with Gasteiger partial charge in [0.2, 0.25) is 0 Å². The van der Waals surface area contributed by atoms with Crippen molar-refractivity contribution in [2.75, 3.05) is 0 Å². The van der Waals surface area contributed by atoms with Crippen LogP contribution in [0.3, 0.4) is 0 Å². The van der Waals surface area contributed by atoms with E-state index in [1.165, 1.54) is 12.2 Å². The summed E-state index contributed by atoms with van der Waals surface area (Å²) in [6.45, 7) is 7.12. The summed E-state index contributed by atoms with van der Waals surface area (Å²) in [6, 6.07) is 9.18. The lowest BCUT2D eigenvalue weighted by molar-refractivity contribution is 0.421. The zero-order valence-electron chi connectivity index (χ0n) is 8.84. The molecule has 4 heteroatoms. The molecule has 0 fully saturated rings. The van der Waals surface area contributed by atoms with Crippen molar-refractivity contribution in [1.82, 2.24) is 0 Å². The van der Waals surface area contributed by atoms with Crippen molar-refractivity contribution in [3.05, 3.63) is 66.9 Å². The van der Waals surface area contributed by atoms with Crippen LogP contribution in [0.15, 0.2) is 66.9 Å². The molecule has 82 valence electrons. The Balaban J connectivity index is 2.52. The fourth-order valence-electron chi connectivity index (χ4n) is 0.960. The van der Waals surface area contributed by atoms with Gasteiger partial charge in [0.1, 0.15) is 11.5 Å². The second kappa shape index (κ2) is 5.95. The minimum absolute atomic E-state index is 0.179. The van der Waals surface area contributed by atoms with Gasteiger partial charge in [0.05, 0.1) is 0 Å². The Kier molecular flexibility index (Phi) is 4.57. The van der Waals surface area contributed by atoms with Gasteiger partial charge in [-0.3, -0.25) is 0 Å². The third-order valence-corrected chi connectivity index (χ3v) is 1.81.